The van der Waals surface area contributed by atoms with E-state index in [0.29, 0.717) is 4.75 Å². The summed E-state index contributed by atoms with van der Waals surface area (Å²) in [5.74, 6) is 0. The van der Waals surface area contributed by atoms with Crippen molar-refractivity contribution in [1.82, 2.24) is 8.61 Å². The molecular formula is C8H22N2S. The first-order valence-electron chi connectivity index (χ1n) is 3.91. The van der Waals surface area contributed by atoms with Gasteiger partial charge in [0.1, 0.15) is 0 Å². The first-order valence-corrected chi connectivity index (χ1v) is 5.16. The summed E-state index contributed by atoms with van der Waals surface area (Å²) in [6, 6.07) is 0. The molecule has 0 aliphatic rings. The molecule has 0 unspecified atom stereocenters. The van der Waals surface area contributed by atoms with Crippen molar-refractivity contribution in [3.8, 4) is 0 Å². The molecular weight excluding hydrogens is 156 g/mol. The zero-order chi connectivity index (χ0) is 9.23. The molecule has 0 saturated heterocycles. The van der Waals surface area contributed by atoms with Gasteiger partial charge in [0.25, 0.3) is 0 Å². The zero-order valence-electron chi connectivity index (χ0n) is 8.84. The van der Waals surface area contributed by atoms with Crippen LogP contribution in [-0.4, -0.2) is 41.5 Å². The highest BCUT2D eigenvalue weighted by molar-refractivity contribution is 8.13. The van der Waals surface area contributed by atoms with Gasteiger partial charge in [-0.3, -0.25) is 8.61 Å². The largest absolute Gasteiger partial charge is 0.264 e. The molecule has 70 valence electrons. The summed E-state index contributed by atoms with van der Waals surface area (Å²) in [7, 11) is 8.60. The molecule has 0 bridgehead atoms. The summed E-state index contributed by atoms with van der Waals surface area (Å²) in [4.78, 5) is 0. The fraction of sp³-hybridized carbons (Fsp3) is 1.00. The third-order valence-electron chi connectivity index (χ3n) is 1.36. The van der Waals surface area contributed by atoms with E-state index in [1.54, 1.807) is 0 Å². The second-order valence-electron chi connectivity index (χ2n) is 4.15. The van der Waals surface area contributed by atoms with Gasteiger partial charge >= 0.3 is 0 Å². The Hall–Kier alpha value is 0.270. The van der Waals surface area contributed by atoms with Crippen LogP contribution in [0.5, 0.6) is 0 Å². The van der Waals surface area contributed by atoms with Crippen LogP contribution in [0.2, 0.25) is 0 Å². The van der Waals surface area contributed by atoms with E-state index in [2.05, 4.69) is 57.6 Å². The van der Waals surface area contributed by atoms with Crippen molar-refractivity contribution < 1.29 is 0 Å². The van der Waals surface area contributed by atoms with E-state index < -0.39 is 0 Å². The molecule has 3 heteroatoms. The molecule has 0 rings (SSSR count). The van der Waals surface area contributed by atoms with E-state index in [1.165, 1.54) is 0 Å². The van der Waals surface area contributed by atoms with Gasteiger partial charge < -0.3 is 0 Å². The van der Waals surface area contributed by atoms with Gasteiger partial charge in [-0.15, -0.1) is 11.3 Å². The van der Waals surface area contributed by atoms with Gasteiger partial charge in [0.05, 0.1) is 0 Å². The first-order chi connectivity index (χ1) is 4.76. The predicted molar refractivity (Wildman–Crippen MR) is 56.1 cm³/mol. The fourth-order valence-electron chi connectivity index (χ4n) is 1.56. The van der Waals surface area contributed by atoms with Crippen LogP contribution >= 0.6 is 11.3 Å². The molecule has 0 spiro atoms. The van der Waals surface area contributed by atoms with Crippen LogP contribution in [0.1, 0.15) is 20.8 Å². The quantitative estimate of drug-likeness (QED) is 0.644. The van der Waals surface area contributed by atoms with Crippen LogP contribution in [-0.2, 0) is 0 Å². The highest BCUT2D eigenvalue weighted by Crippen LogP contribution is 2.43. The van der Waals surface area contributed by atoms with E-state index in [1.807, 2.05) is 0 Å². The van der Waals surface area contributed by atoms with Crippen molar-refractivity contribution in [2.75, 3.05) is 28.2 Å². The van der Waals surface area contributed by atoms with Gasteiger partial charge in [0, 0.05) is 4.75 Å². The minimum atomic E-state index is -0.153. The maximum atomic E-state index is 2.31. The highest BCUT2D eigenvalue weighted by atomic mass is 32.2. The predicted octanol–water partition coefficient (Wildman–Crippen LogP) is 1.74. The lowest BCUT2D eigenvalue weighted by Gasteiger charge is -2.44. The molecule has 0 radical (unpaired) electrons. The molecule has 0 aliphatic carbocycles. The molecule has 11 heavy (non-hydrogen) atoms. The Balaban J connectivity index is 4.35. The standard InChI is InChI=1S/C8H22N2S/c1-8(2,3)11(9(4)5)10(6)7/h11H,1-7H3. The molecule has 0 aromatic carbocycles. The Labute approximate surface area is 74.2 Å². The molecule has 0 aromatic heterocycles. The molecule has 0 fully saturated rings. The minimum Gasteiger partial charge on any atom is -0.264 e. The van der Waals surface area contributed by atoms with Gasteiger partial charge in [-0.1, -0.05) is 20.8 Å². The average molecular weight is 178 g/mol. The summed E-state index contributed by atoms with van der Waals surface area (Å²) in [6.07, 6.45) is 0. The summed E-state index contributed by atoms with van der Waals surface area (Å²) in [5.41, 5.74) is 0. The molecule has 0 amide bonds. The maximum absolute atomic E-state index is 2.31. The van der Waals surface area contributed by atoms with Crippen LogP contribution in [0.25, 0.3) is 0 Å². The van der Waals surface area contributed by atoms with Crippen LogP contribution in [0.15, 0.2) is 0 Å². The molecule has 0 aliphatic heterocycles. The van der Waals surface area contributed by atoms with Crippen LogP contribution in [0.4, 0.5) is 0 Å². The van der Waals surface area contributed by atoms with Crippen LogP contribution < -0.4 is 0 Å². The number of hydrogen-bond donors (Lipinski definition) is 1. The average Bonchev–Trinajstić information content (AvgIpc) is 1.54. The number of hydrogen-bond acceptors (Lipinski definition) is 2. The summed E-state index contributed by atoms with van der Waals surface area (Å²) in [5, 5.41) is 0. The summed E-state index contributed by atoms with van der Waals surface area (Å²) in [6.45, 7) is 6.87. The second-order valence-corrected chi connectivity index (χ2v) is 7.68. The number of thiol groups is 1. The topological polar surface area (TPSA) is 6.48 Å². The monoisotopic (exact) mass is 178 g/mol. The van der Waals surface area contributed by atoms with Crippen molar-refractivity contribution in [2.45, 2.75) is 25.5 Å². The zero-order valence-corrected chi connectivity index (χ0v) is 9.74. The van der Waals surface area contributed by atoms with Gasteiger partial charge in [-0.2, -0.15) is 0 Å². The highest BCUT2D eigenvalue weighted by Gasteiger charge is 2.23. The van der Waals surface area contributed by atoms with Gasteiger partial charge in [0.15, 0.2) is 0 Å². The van der Waals surface area contributed by atoms with E-state index >= 15 is 0 Å². The van der Waals surface area contributed by atoms with Crippen molar-refractivity contribution in [2.24, 2.45) is 0 Å². The molecule has 2 nitrogen and oxygen atoms in total. The molecule has 0 N–H and O–H groups in total. The second kappa shape index (κ2) is 3.78. The van der Waals surface area contributed by atoms with Crippen molar-refractivity contribution in [1.29, 1.82) is 0 Å². The molecule has 0 saturated carbocycles. The SMILES string of the molecule is CN(C)[SH](N(C)C)C(C)(C)C. The lowest BCUT2D eigenvalue weighted by Crippen LogP contribution is -2.33. The van der Waals surface area contributed by atoms with E-state index in [0.717, 1.165) is 0 Å². The molecule has 0 heterocycles. The normalized spacial score (nSPS) is 14.5. The lowest BCUT2D eigenvalue weighted by atomic mass is 10.3. The summed E-state index contributed by atoms with van der Waals surface area (Å²) >= 11 is -0.153. The third-order valence-corrected chi connectivity index (χ3v) is 4.07. The van der Waals surface area contributed by atoms with Crippen LogP contribution in [0, 0.1) is 0 Å². The maximum Gasteiger partial charge on any atom is 0.0132 e. The fourth-order valence-corrected chi connectivity index (χ4v) is 4.67. The molecule has 0 atom stereocenters. The summed E-state index contributed by atoms with van der Waals surface area (Å²) < 4.78 is 5.01. The van der Waals surface area contributed by atoms with Crippen molar-refractivity contribution in [3.63, 3.8) is 0 Å². The number of rotatable bonds is 2. The number of nitrogens with zero attached hydrogens (tertiary/aromatic N) is 2. The Morgan fingerprint density at radius 3 is 1.09 bits per heavy atom. The Morgan fingerprint density at radius 1 is 0.818 bits per heavy atom. The van der Waals surface area contributed by atoms with Gasteiger partial charge in [0.2, 0.25) is 0 Å². The van der Waals surface area contributed by atoms with E-state index in [-0.39, 0.29) is 11.3 Å². The van der Waals surface area contributed by atoms with Gasteiger partial charge in [-0.05, 0) is 28.2 Å². The van der Waals surface area contributed by atoms with Crippen molar-refractivity contribution in [3.05, 3.63) is 0 Å². The lowest BCUT2D eigenvalue weighted by molar-refractivity contribution is 0.560. The van der Waals surface area contributed by atoms with Crippen LogP contribution in [0.3, 0.4) is 0 Å². The van der Waals surface area contributed by atoms with E-state index in [9.17, 15) is 0 Å². The Bertz CT molecular complexity index is 108. The van der Waals surface area contributed by atoms with E-state index in [4.69, 9.17) is 0 Å². The van der Waals surface area contributed by atoms with Crippen molar-refractivity contribution >= 4 is 11.3 Å². The first kappa shape index (κ1) is 11.3. The van der Waals surface area contributed by atoms with Gasteiger partial charge in [-0.25, -0.2) is 0 Å². The minimum absolute atomic E-state index is 0.153. The Kier molecular flexibility index (Phi) is 3.88. The Morgan fingerprint density at radius 2 is 1.09 bits per heavy atom. The smallest absolute Gasteiger partial charge is 0.0132 e. The molecule has 0 aromatic rings. The third kappa shape index (κ3) is 3.45.